The van der Waals surface area contributed by atoms with Crippen molar-refractivity contribution >= 4 is 10.0 Å². The third-order valence-corrected chi connectivity index (χ3v) is 7.27. The van der Waals surface area contributed by atoms with Crippen LogP contribution in [0.4, 0.5) is 0 Å². The average Bonchev–Trinajstić information content (AvgIpc) is 3.23. The van der Waals surface area contributed by atoms with Crippen molar-refractivity contribution in [2.45, 2.75) is 56.7 Å². The molecule has 6 heteroatoms. The van der Waals surface area contributed by atoms with E-state index < -0.39 is 10.0 Å². The smallest absolute Gasteiger partial charge is 0.214 e. The monoisotopic (exact) mass is 340 g/mol. The predicted octanol–water partition coefficient (Wildman–Crippen LogP) is 2.91. The summed E-state index contributed by atoms with van der Waals surface area (Å²) in [7, 11) is -3.21. The molecule has 2 heterocycles. The Morgan fingerprint density at radius 3 is 2.57 bits per heavy atom. The van der Waals surface area contributed by atoms with E-state index in [0.717, 1.165) is 63.3 Å². The van der Waals surface area contributed by atoms with Crippen LogP contribution in [0.15, 0.2) is 22.8 Å². The van der Waals surface area contributed by atoms with E-state index in [-0.39, 0.29) is 11.3 Å². The zero-order valence-corrected chi connectivity index (χ0v) is 14.7. The molecule has 1 atom stereocenters. The molecule has 1 unspecified atom stereocenters. The molecule has 130 valence electrons. The summed E-state index contributed by atoms with van der Waals surface area (Å²) in [6.45, 7) is 4.68. The molecule has 3 rings (SSSR count). The molecular weight excluding hydrogens is 312 g/mol. The van der Waals surface area contributed by atoms with Crippen LogP contribution >= 0.6 is 0 Å². The second kappa shape index (κ2) is 7.36. The van der Waals surface area contributed by atoms with Gasteiger partial charge in [0.15, 0.2) is 0 Å². The van der Waals surface area contributed by atoms with Crippen molar-refractivity contribution in [3.05, 3.63) is 24.2 Å². The maximum atomic E-state index is 12.5. The van der Waals surface area contributed by atoms with E-state index in [0.29, 0.717) is 6.54 Å². The topological polar surface area (TPSA) is 62.6 Å². The normalized spacial score (nSPS) is 23.3. The fourth-order valence-corrected chi connectivity index (χ4v) is 5.32. The first-order chi connectivity index (χ1) is 11.1. The lowest BCUT2D eigenvalue weighted by atomic mass is 9.97. The molecule has 23 heavy (non-hydrogen) atoms. The molecule has 1 aliphatic heterocycles. The maximum Gasteiger partial charge on any atom is 0.214 e. The van der Waals surface area contributed by atoms with E-state index in [4.69, 9.17) is 4.42 Å². The average molecular weight is 340 g/mol. The molecule has 1 saturated carbocycles. The molecule has 1 saturated heterocycles. The zero-order valence-electron chi connectivity index (χ0n) is 13.9. The van der Waals surface area contributed by atoms with Crippen LogP contribution in [0, 0.1) is 5.92 Å². The van der Waals surface area contributed by atoms with Gasteiger partial charge >= 0.3 is 0 Å². The van der Waals surface area contributed by atoms with E-state index in [9.17, 15) is 8.42 Å². The fraction of sp³-hybridized carbons (Fsp3) is 0.765. The summed E-state index contributed by atoms with van der Waals surface area (Å²) in [4.78, 5) is 2.36. The van der Waals surface area contributed by atoms with Crippen molar-refractivity contribution in [1.82, 2.24) is 9.62 Å². The molecule has 2 fully saturated rings. The number of piperidine rings is 1. The van der Waals surface area contributed by atoms with Crippen molar-refractivity contribution in [1.29, 1.82) is 0 Å². The van der Waals surface area contributed by atoms with Crippen LogP contribution < -0.4 is 4.72 Å². The molecule has 0 aromatic carbocycles. The second-order valence-electron chi connectivity index (χ2n) is 7.05. The predicted molar refractivity (Wildman–Crippen MR) is 90.6 cm³/mol. The van der Waals surface area contributed by atoms with Gasteiger partial charge in [-0.2, -0.15) is 0 Å². The molecule has 1 N–H and O–H groups in total. The standard InChI is InChI=1S/C17H28N2O3S/c1-14-8-10-19(11-9-14)16(17-7-4-12-22-17)13-18-23(20,21)15-5-2-3-6-15/h4,7,12,14-16,18H,2-3,5-6,8-11,13H2,1H3. The van der Waals surface area contributed by atoms with Crippen LogP contribution in [0.2, 0.25) is 0 Å². The van der Waals surface area contributed by atoms with Gasteiger partial charge < -0.3 is 4.42 Å². The minimum absolute atomic E-state index is 0.00585. The van der Waals surface area contributed by atoms with Crippen molar-refractivity contribution < 1.29 is 12.8 Å². The highest BCUT2D eigenvalue weighted by Gasteiger charge is 2.32. The van der Waals surface area contributed by atoms with Crippen LogP contribution in [0.25, 0.3) is 0 Å². The summed E-state index contributed by atoms with van der Waals surface area (Å²) >= 11 is 0. The Hall–Kier alpha value is -0.850. The molecule has 1 aromatic rings. The Morgan fingerprint density at radius 1 is 1.26 bits per heavy atom. The van der Waals surface area contributed by atoms with Gasteiger partial charge in [0.1, 0.15) is 5.76 Å². The third kappa shape index (κ3) is 4.17. The number of hydrogen-bond acceptors (Lipinski definition) is 4. The van der Waals surface area contributed by atoms with Gasteiger partial charge in [0, 0.05) is 6.54 Å². The Bertz CT molecular complexity index is 571. The summed E-state index contributed by atoms with van der Waals surface area (Å²) < 4.78 is 33.4. The third-order valence-electron chi connectivity index (χ3n) is 5.35. The lowest BCUT2D eigenvalue weighted by Gasteiger charge is -2.36. The number of furan rings is 1. The Labute approximate surface area is 139 Å². The Morgan fingerprint density at radius 2 is 1.96 bits per heavy atom. The second-order valence-corrected chi connectivity index (χ2v) is 9.10. The summed E-state index contributed by atoms with van der Waals surface area (Å²) in [5.74, 6) is 1.60. The fourth-order valence-electron chi connectivity index (χ4n) is 3.74. The van der Waals surface area contributed by atoms with E-state index in [1.54, 1.807) is 6.26 Å². The largest absolute Gasteiger partial charge is 0.468 e. The van der Waals surface area contributed by atoms with Crippen LogP contribution in [0.5, 0.6) is 0 Å². The minimum Gasteiger partial charge on any atom is -0.468 e. The Balaban J connectivity index is 1.67. The molecule has 0 bridgehead atoms. The van der Waals surface area contributed by atoms with Gasteiger partial charge in [-0.25, -0.2) is 13.1 Å². The van der Waals surface area contributed by atoms with Gasteiger partial charge in [-0.1, -0.05) is 19.8 Å². The summed E-state index contributed by atoms with van der Waals surface area (Å²) in [5.41, 5.74) is 0. The van der Waals surface area contributed by atoms with Gasteiger partial charge in [-0.3, -0.25) is 4.90 Å². The van der Waals surface area contributed by atoms with Crippen molar-refractivity contribution in [2.24, 2.45) is 5.92 Å². The summed E-state index contributed by atoms with van der Waals surface area (Å²) in [6, 6.07) is 3.82. The lowest BCUT2D eigenvalue weighted by Crippen LogP contribution is -2.43. The zero-order chi connectivity index (χ0) is 16.3. The van der Waals surface area contributed by atoms with Crippen LogP contribution in [0.3, 0.4) is 0 Å². The van der Waals surface area contributed by atoms with E-state index in [1.807, 2.05) is 12.1 Å². The SMILES string of the molecule is CC1CCN(C(CNS(=O)(=O)C2CCCC2)c2ccco2)CC1. The quantitative estimate of drug-likeness (QED) is 0.865. The minimum atomic E-state index is -3.21. The molecule has 0 spiro atoms. The van der Waals surface area contributed by atoms with Gasteiger partial charge in [0.2, 0.25) is 10.0 Å². The van der Waals surface area contributed by atoms with E-state index >= 15 is 0 Å². The number of nitrogens with zero attached hydrogens (tertiary/aromatic N) is 1. The van der Waals surface area contributed by atoms with E-state index in [1.165, 1.54) is 0 Å². The van der Waals surface area contributed by atoms with Crippen molar-refractivity contribution in [3.63, 3.8) is 0 Å². The molecular formula is C17H28N2O3S. The first-order valence-electron chi connectivity index (χ1n) is 8.82. The first-order valence-corrected chi connectivity index (χ1v) is 10.4. The van der Waals surface area contributed by atoms with Gasteiger partial charge in [-0.15, -0.1) is 0 Å². The van der Waals surface area contributed by atoms with Gasteiger partial charge in [0.05, 0.1) is 17.6 Å². The molecule has 2 aliphatic rings. The number of hydrogen-bond donors (Lipinski definition) is 1. The van der Waals surface area contributed by atoms with Crippen molar-refractivity contribution in [2.75, 3.05) is 19.6 Å². The van der Waals surface area contributed by atoms with Crippen LogP contribution in [0.1, 0.15) is 57.3 Å². The van der Waals surface area contributed by atoms with Crippen LogP contribution in [-0.2, 0) is 10.0 Å². The highest BCUT2D eigenvalue weighted by atomic mass is 32.2. The number of likely N-dealkylation sites (tertiary alicyclic amines) is 1. The Kier molecular flexibility index (Phi) is 5.44. The van der Waals surface area contributed by atoms with Crippen molar-refractivity contribution in [3.8, 4) is 0 Å². The maximum absolute atomic E-state index is 12.5. The van der Waals surface area contributed by atoms with Gasteiger partial charge in [0.25, 0.3) is 0 Å². The summed E-state index contributed by atoms with van der Waals surface area (Å²) in [6.07, 6.45) is 7.62. The molecule has 1 aliphatic carbocycles. The molecule has 0 amide bonds. The molecule has 0 radical (unpaired) electrons. The van der Waals surface area contributed by atoms with Gasteiger partial charge in [-0.05, 0) is 56.8 Å². The highest BCUT2D eigenvalue weighted by molar-refractivity contribution is 7.90. The number of nitrogens with one attached hydrogen (secondary N) is 1. The lowest BCUT2D eigenvalue weighted by molar-refractivity contribution is 0.125. The molecule has 5 nitrogen and oxygen atoms in total. The van der Waals surface area contributed by atoms with E-state index in [2.05, 4.69) is 16.5 Å². The number of rotatable bonds is 6. The number of sulfonamides is 1. The molecule has 1 aromatic heterocycles. The van der Waals surface area contributed by atoms with Crippen LogP contribution in [-0.4, -0.2) is 38.2 Å². The highest BCUT2D eigenvalue weighted by Crippen LogP contribution is 2.28. The first kappa shape index (κ1) is 17.0. The summed E-state index contributed by atoms with van der Waals surface area (Å²) in [5, 5.41) is -0.207.